The van der Waals surface area contributed by atoms with Crippen molar-refractivity contribution in [3.05, 3.63) is 22.1 Å². The van der Waals surface area contributed by atoms with Crippen molar-refractivity contribution >= 4 is 16.7 Å². The minimum Gasteiger partial charge on any atom is -0.381 e. The summed E-state index contributed by atoms with van der Waals surface area (Å²) < 4.78 is 2.02. The molecule has 0 saturated heterocycles. The molecule has 3 N–H and O–H groups in total. The van der Waals surface area contributed by atoms with E-state index in [1.165, 1.54) is 0 Å². The summed E-state index contributed by atoms with van der Waals surface area (Å²) in [6, 6.07) is 0.246. The molecule has 0 radical (unpaired) electrons. The highest BCUT2D eigenvalue weighted by molar-refractivity contribution is 5.90. The molecule has 0 bridgehead atoms. The summed E-state index contributed by atoms with van der Waals surface area (Å²) in [6.07, 6.45) is 2.01. The zero-order valence-corrected chi connectivity index (χ0v) is 10.6. The molecule has 0 spiro atoms. The van der Waals surface area contributed by atoms with Crippen LogP contribution in [0.4, 0.5) is 5.82 Å². The molecule has 0 amide bonds. The van der Waals surface area contributed by atoms with Crippen molar-refractivity contribution in [1.29, 1.82) is 0 Å². The van der Waals surface area contributed by atoms with E-state index >= 15 is 0 Å². The Labute approximate surface area is 99.6 Å². The van der Waals surface area contributed by atoms with Gasteiger partial charge in [-0.2, -0.15) is 5.10 Å². The van der Waals surface area contributed by atoms with Gasteiger partial charge in [-0.05, 0) is 25.3 Å². The minimum atomic E-state index is -0.169. The molecule has 2 heterocycles. The number of nitrogens with zero attached hydrogens (tertiary/aromatic N) is 2. The molecular weight excluding hydrogens is 216 g/mol. The van der Waals surface area contributed by atoms with Gasteiger partial charge < -0.3 is 10.3 Å². The van der Waals surface area contributed by atoms with Crippen LogP contribution in [0.25, 0.3) is 10.9 Å². The summed E-state index contributed by atoms with van der Waals surface area (Å²) in [5.41, 5.74) is 7.47. The second-order valence-corrected chi connectivity index (χ2v) is 4.90. The van der Waals surface area contributed by atoms with Crippen molar-refractivity contribution < 1.29 is 0 Å². The number of aromatic amines is 1. The van der Waals surface area contributed by atoms with Crippen molar-refractivity contribution in [2.24, 2.45) is 0 Å². The Morgan fingerprint density at radius 2 is 2.00 bits per heavy atom. The third kappa shape index (κ3) is 1.71. The van der Waals surface area contributed by atoms with E-state index in [-0.39, 0.29) is 17.5 Å². The Balaban J connectivity index is 2.96. The van der Waals surface area contributed by atoms with Crippen LogP contribution in [-0.2, 0) is 0 Å². The fraction of sp³-hybridized carbons (Fsp3) is 0.500. The number of rotatable bonds is 2. The average molecular weight is 234 g/mol. The Morgan fingerprint density at radius 1 is 1.35 bits per heavy atom. The van der Waals surface area contributed by atoms with E-state index < -0.39 is 0 Å². The second kappa shape index (κ2) is 3.91. The van der Waals surface area contributed by atoms with Crippen LogP contribution in [0.1, 0.15) is 45.2 Å². The van der Waals surface area contributed by atoms with Crippen LogP contribution in [0.15, 0.2) is 11.0 Å². The standard InChI is InChI=1S/C12H18N4O/c1-6(2)8-5-16(7(3)4)10-9(8)12(17)15-14-11(10)13/h5-7H,1-4H3,(H2,13,14)(H,15,17). The third-order valence-corrected chi connectivity index (χ3v) is 2.99. The molecular formula is C12H18N4O. The number of aromatic nitrogens is 3. The van der Waals surface area contributed by atoms with E-state index in [0.717, 1.165) is 11.1 Å². The first-order chi connectivity index (χ1) is 7.93. The maximum absolute atomic E-state index is 11.9. The number of hydrogen-bond acceptors (Lipinski definition) is 3. The van der Waals surface area contributed by atoms with Crippen molar-refractivity contribution in [3.63, 3.8) is 0 Å². The molecule has 5 nitrogen and oxygen atoms in total. The molecule has 2 rings (SSSR count). The van der Waals surface area contributed by atoms with E-state index in [4.69, 9.17) is 5.73 Å². The molecule has 92 valence electrons. The van der Waals surface area contributed by atoms with Gasteiger partial charge >= 0.3 is 0 Å². The molecule has 0 atom stereocenters. The Kier molecular flexibility index (Phi) is 2.69. The predicted octanol–water partition coefficient (Wildman–Crippen LogP) is 2.01. The number of nitrogens with two attached hydrogens (primary N) is 1. The monoisotopic (exact) mass is 234 g/mol. The molecule has 0 saturated carbocycles. The van der Waals surface area contributed by atoms with Crippen LogP contribution in [0.5, 0.6) is 0 Å². The SMILES string of the molecule is CC(C)c1cn(C(C)C)c2c(N)n[nH]c(=O)c12. The Hall–Kier alpha value is -1.78. The molecule has 0 fully saturated rings. The fourth-order valence-electron chi connectivity index (χ4n) is 2.11. The summed E-state index contributed by atoms with van der Waals surface area (Å²) >= 11 is 0. The topological polar surface area (TPSA) is 76.7 Å². The van der Waals surface area contributed by atoms with E-state index in [1.807, 2.05) is 10.8 Å². The average Bonchev–Trinajstić information content (AvgIpc) is 2.64. The number of hydrogen-bond donors (Lipinski definition) is 2. The van der Waals surface area contributed by atoms with Gasteiger partial charge in [-0.3, -0.25) is 4.79 Å². The van der Waals surface area contributed by atoms with Gasteiger partial charge in [0.15, 0.2) is 5.82 Å². The van der Waals surface area contributed by atoms with Gasteiger partial charge in [0.05, 0.1) is 10.9 Å². The number of H-pyrrole nitrogens is 1. The smallest absolute Gasteiger partial charge is 0.274 e. The van der Waals surface area contributed by atoms with Gasteiger partial charge in [-0.25, -0.2) is 5.10 Å². The van der Waals surface area contributed by atoms with Crippen LogP contribution in [0.2, 0.25) is 0 Å². The molecule has 0 unspecified atom stereocenters. The van der Waals surface area contributed by atoms with Crippen molar-refractivity contribution in [2.45, 2.75) is 39.7 Å². The first kappa shape index (κ1) is 11.7. The predicted molar refractivity (Wildman–Crippen MR) is 69.2 cm³/mol. The van der Waals surface area contributed by atoms with E-state index in [1.54, 1.807) is 0 Å². The van der Waals surface area contributed by atoms with E-state index in [0.29, 0.717) is 11.2 Å². The minimum absolute atomic E-state index is 0.169. The van der Waals surface area contributed by atoms with Crippen LogP contribution in [-0.4, -0.2) is 14.8 Å². The lowest BCUT2D eigenvalue weighted by atomic mass is 10.0. The van der Waals surface area contributed by atoms with Crippen molar-refractivity contribution in [2.75, 3.05) is 5.73 Å². The summed E-state index contributed by atoms with van der Waals surface area (Å²) in [4.78, 5) is 11.9. The molecule has 0 aromatic carbocycles. The number of nitrogens with one attached hydrogen (secondary N) is 1. The van der Waals surface area contributed by atoms with Crippen molar-refractivity contribution in [1.82, 2.24) is 14.8 Å². The lowest BCUT2D eigenvalue weighted by Crippen LogP contribution is -2.12. The Morgan fingerprint density at radius 3 is 2.53 bits per heavy atom. The van der Waals surface area contributed by atoms with Crippen molar-refractivity contribution in [3.8, 4) is 0 Å². The van der Waals surface area contributed by atoms with Gasteiger partial charge in [0, 0.05) is 12.2 Å². The van der Waals surface area contributed by atoms with Gasteiger partial charge in [-0.1, -0.05) is 13.8 Å². The summed E-state index contributed by atoms with van der Waals surface area (Å²) in [5.74, 6) is 0.653. The van der Waals surface area contributed by atoms with E-state index in [9.17, 15) is 4.79 Å². The summed E-state index contributed by atoms with van der Waals surface area (Å²) in [6.45, 7) is 8.25. The van der Waals surface area contributed by atoms with Crippen LogP contribution in [0, 0.1) is 0 Å². The maximum Gasteiger partial charge on any atom is 0.274 e. The second-order valence-electron chi connectivity index (χ2n) is 4.90. The highest BCUT2D eigenvalue weighted by atomic mass is 16.1. The highest BCUT2D eigenvalue weighted by Crippen LogP contribution is 2.29. The van der Waals surface area contributed by atoms with Crippen LogP contribution < -0.4 is 11.3 Å². The highest BCUT2D eigenvalue weighted by Gasteiger charge is 2.18. The molecule has 5 heteroatoms. The lowest BCUT2D eigenvalue weighted by Gasteiger charge is -2.09. The quantitative estimate of drug-likeness (QED) is 0.834. The summed E-state index contributed by atoms with van der Waals surface area (Å²) in [5, 5.41) is 6.96. The van der Waals surface area contributed by atoms with Gasteiger partial charge in [0.1, 0.15) is 0 Å². The lowest BCUT2D eigenvalue weighted by molar-refractivity contribution is 0.619. The van der Waals surface area contributed by atoms with Gasteiger partial charge in [0.25, 0.3) is 5.56 Å². The molecule has 17 heavy (non-hydrogen) atoms. The molecule has 2 aromatic heterocycles. The van der Waals surface area contributed by atoms with Gasteiger partial charge in [0.2, 0.25) is 0 Å². The molecule has 2 aromatic rings. The molecule has 0 aliphatic rings. The van der Waals surface area contributed by atoms with Crippen LogP contribution >= 0.6 is 0 Å². The number of fused-ring (bicyclic) bond motifs is 1. The zero-order valence-electron chi connectivity index (χ0n) is 10.6. The maximum atomic E-state index is 11.9. The number of nitrogen functional groups attached to an aromatic ring is 1. The largest absolute Gasteiger partial charge is 0.381 e. The normalized spacial score (nSPS) is 11.9. The molecule has 0 aliphatic heterocycles. The zero-order chi connectivity index (χ0) is 12.7. The third-order valence-electron chi connectivity index (χ3n) is 2.99. The summed E-state index contributed by atoms with van der Waals surface area (Å²) in [7, 11) is 0. The first-order valence-electron chi connectivity index (χ1n) is 5.82. The fourth-order valence-corrected chi connectivity index (χ4v) is 2.11. The van der Waals surface area contributed by atoms with Crippen LogP contribution in [0.3, 0.4) is 0 Å². The van der Waals surface area contributed by atoms with Gasteiger partial charge in [-0.15, -0.1) is 0 Å². The molecule has 0 aliphatic carbocycles. The first-order valence-corrected chi connectivity index (χ1v) is 5.82. The number of anilines is 1. The van der Waals surface area contributed by atoms with E-state index in [2.05, 4.69) is 37.9 Å². The Bertz CT molecular complexity index is 607.